The molecule has 1 aromatic rings. The van der Waals surface area contributed by atoms with Gasteiger partial charge in [0.15, 0.2) is 0 Å². The summed E-state index contributed by atoms with van der Waals surface area (Å²) in [5.74, 6) is 0.203. The summed E-state index contributed by atoms with van der Waals surface area (Å²) in [4.78, 5) is 19.4. The summed E-state index contributed by atoms with van der Waals surface area (Å²) >= 11 is 0. The van der Waals surface area contributed by atoms with Crippen molar-refractivity contribution < 1.29 is 4.79 Å². The van der Waals surface area contributed by atoms with Gasteiger partial charge < -0.3 is 4.90 Å². The molecule has 0 aromatic heterocycles. The Morgan fingerprint density at radius 2 is 1.86 bits per heavy atom. The molecule has 0 radical (unpaired) electrons. The molecule has 0 saturated carbocycles. The van der Waals surface area contributed by atoms with Gasteiger partial charge >= 0.3 is 0 Å². The van der Waals surface area contributed by atoms with Crippen molar-refractivity contribution in [2.75, 3.05) is 13.1 Å². The van der Waals surface area contributed by atoms with Gasteiger partial charge in [-0.1, -0.05) is 20.8 Å². The van der Waals surface area contributed by atoms with Gasteiger partial charge in [0.2, 0.25) is 0 Å². The lowest BCUT2D eigenvalue weighted by molar-refractivity contribution is 0.0721. The summed E-state index contributed by atoms with van der Waals surface area (Å²) in [6.07, 6.45) is 6.29. The van der Waals surface area contributed by atoms with E-state index in [1.165, 1.54) is 12.0 Å². The minimum Gasteiger partial charge on any atom is -0.339 e. The third kappa shape index (κ3) is 2.74. The van der Waals surface area contributed by atoms with Crippen molar-refractivity contribution in [3.8, 4) is 0 Å². The van der Waals surface area contributed by atoms with E-state index in [2.05, 4.69) is 37.9 Å². The number of benzene rings is 1. The first-order chi connectivity index (χ1) is 9.97. The van der Waals surface area contributed by atoms with Crippen molar-refractivity contribution in [2.45, 2.75) is 51.9 Å². The monoisotopic (exact) mass is 284 g/mol. The quantitative estimate of drug-likeness (QED) is 0.770. The number of piperidine rings is 1. The lowest BCUT2D eigenvalue weighted by Gasteiger charge is -2.30. The Balaban J connectivity index is 2.02. The maximum absolute atomic E-state index is 13.0. The molecule has 0 aliphatic carbocycles. The maximum Gasteiger partial charge on any atom is 0.254 e. The second-order valence-corrected chi connectivity index (χ2v) is 7.15. The number of hydrogen-bond acceptors (Lipinski definition) is 2. The lowest BCUT2D eigenvalue weighted by atomic mass is 9.82. The van der Waals surface area contributed by atoms with Gasteiger partial charge in [-0.2, -0.15) is 0 Å². The van der Waals surface area contributed by atoms with Crippen LogP contribution in [-0.2, 0) is 11.8 Å². The first-order valence-corrected chi connectivity index (χ1v) is 7.96. The van der Waals surface area contributed by atoms with Crippen molar-refractivity contribution >= 4 is 17.8 Å². The fourth-order valence-electron chi connectivity index (χ4n) is 3.22. The molecule has 0 spiro atoms. The van der Waals surface area contributed by atoms with E-state index in [9.17, 15) is 4.79 Å². The third-order valence-electron chi connectivity index (χ3n) is 4.44. The van der Waals surface area contributed by atoms with Crippen molar-refractivity contribution in [2.24, 2.45) is 4.99 Å². The van der Waals surface area contributed by atoms with E-state index in [0.29, 0.717) is 0 Å². The average Bonchev–Trinajstić information content (AvgIpc) is 2.92. The van der Waals surface area contributed by atoms with Crippen LogP contribution in [0.1, 0.15) is 61.5 Å². The predicted molar refractivity (Wildman–Crippen MR) is 86.8 cm³/mol. The number of hydrogen-bond donors (Lipinski definition) is 0. The van der Waals surface area contributed by atoms with Crippen LogP contribution in [0.3, 0.4) is 0 Å². The molecule has 3 nitrogen and oxygen atoms in total. The minimum atomic E-state index is -0.0477. The Morgan fingerprint density at radius 3 is 2.52 bits per heavy atom. The molecular formula is C18H24N2O. The van der Waals surface area contributed by atoms with Crippen LogP contribution in [0.4, 0.5) is 5.69 Å². The van der Waals surface area contributed by atoms with Crippen LogP contribution < -0.4 is 0 Å². The Bertz CT molecular complexity index is 590. The normalized spacial score (nSPS) is 18.0. The molecule has 0 N–H and O–H groups in total. The van der Waals surface area contributed by atoms with Crippen LogP contribution in [0.15, 0.2) is 17.1 Å². The molecule has 0 atom stereocenters. The molecule has 2 aliphatic rings. The second-order valence-electron chi connectivity index (χ2n) is 7.15. The van der Waals surface area contributed by atoms with Gasteiger partial charge in [0, 0.05) is 31.3 Å². The standard InChI is InChI=1S/C18H24N2O/c1-18(2,3)15-12-16-13(7-8-19-16)11-14(15)17(21)20-9-5-4-6-10-20/h8,11-12H,4-7,9-10H2,1-3H3. The summed E-state index contributed by atoms with van der Waals surface area (Å²) in [7, 11) is 0. The summed E-state index contributed by atoms with van der Waals surface area (Å²) in [6.45, 7) is 8.30. The van der Waals surface area contributed by atoms with Crippen LogP contribution >= 0.6 is 0 Å². The largest absolute Gasteiger partial charge is 0.339 e. The molecule has 112 valence electrons. The highest BCUT2D eigenvalue weighted by Gasteiger charge is 2.27. The molecule has 3 rings (SSSR count). The van der Waals surface area contributed by atoms with Crippen LogP contribution in [0.5, 0.6) is 0 Å². The average molecular weight is 284 g/mol. The number of aliphatic imine (C=N–C) groups is 1. The van der Waals surface area contributed by atoms with E-state index < -0.39 is 0 Å². The van der Waals surface area contributed by atoms with Gasteiger partial charge in [0.25, 0.3) is 5.91 Å². The van der Waals surface area contributed by atoms with E-state index in [4.69, 9.17) is 0 Å². The van der Waals surface area contributed by atoms with Crippen LogP contribution in [0.25, 0.3) is 0 Å². The Hall–Kier alpha value is -1.64. The second kappa shape index (κ2) is 5.28. The molecule has 1 saturated heterocycles. The van der Waals surface area contributed by atoms with E-state index >= 15 is 0 Å². The maximum atomic E-state index is 13.0. The number of nitrogens with zero attached hydrogens (tertiary/aromatic N) is 2. The molecule has 2 heterocycles. The SMILES string of the molecule is CC(C)(C)c1cc2c(cc1C(=O)N1CCCCC1)CC=N2. The number of carbonyl (C=O) groups is 1. The molecule has 0 bridgehead atoms. The molecule has 1 aromatic carbocycles. The molecular weight excluding hydrogens is 260 g/mol. The molecule has 1 amide bonds. The molecule has 1 fully saturated rings. The number of rotatable bonds is 1. The van der Waals surface area contributed by atoms with Crippen LogP contribution in [0.2, 0.25) is 0 Å². The zero-order valence-electron chi connectivity index (χ0n) is 13.3. The minimum absolute atomic E-state index is 0.0477. The van der Waals surface area contributed by atoms with Crippen molar-refractivity contribution in [1.29, 1.82) is 0 Å². The molecule has 21 heavy (non-hydrogen) atoms. The summed E-state index contributed by atoms with van der Waals surface area (Å²) in [5, 5.41) is 0. The van der Waals surface area contributed by atoms with E-state index in [1.807, 2.05) is 11.1 Å². The van der Waals surface area contributed by atoms with Crippen molar-refractivity contribution in [3.05, 3.63) is 28.8 Å². The molecule has 3 heteroatoms. The molecule has 0 unspecified atom stereocenters. The fraction of sp³-hybridized carbons (Fsp3) is 0.556. The highest BCUT2D eigenvalue weighted by atomic mass is 16.2. The first-order valence-electron chi connectivity index (χ1n) is 7.96. The zero-order chi connectivity index (χ0) is 15.0. The molecule has 2 aliphatic heterocycles. The number of fused-ring (bicyclic) bond motifs is 1. The fourth-order valence-corrected chi connectivity index (χ4v) is 3.22. The highest BCUT2D eigenvalue weighted by Crippen LogP contribution is 2.35. The predicted octanol–water partition coefficient (Wildman–Crippen LogP) is 3.87. The third-order valence-corrected chi connectivity index (χ3v) is 4.44. The smallest absolute Gasteiger partial charge is 0.254 e. The van der Waals surface area contributed by atoms with Gasteiger partial charge in [-0.05, 0) is 47.9 Å². The van der Waals surface area contributed by atoms with Gasteiger partial charge in [-0.15, -0.1) is 0 Å². The van der Waals surface area contributed by atoms with Crippen molar-refractivity contribution in [3.63, 3.8) is 0 Å². The van der Waals surface area contributed by atoms with Gasteiger partial charge in [0.1, 0.15) is 0 Å². The van der Waals surface area contributed by atoms with Crippen LogP contribution in [-0.4, -0.2) is 30.1 Å². The number of amides is 1. The lowest BCUT2D eigenvalue weighted by Crippen LogP contribution is -2.37. The topological polar surface area (TPSA) is 32.7 Å². The Kier molecular flexibility index (Phi) is 3.60. The van der Waals surface area contributed by atoms with E-state index in [1.54, 1.807) is 0 Å². The zero-order valence-corrected chi connectivity index (χ0v) is 13.3. The Labute approximate surface area is 127 Å². The van der Waals surface area contributed by atoms with Gasteiger partial charge in [0.05, 0.1) is 5.69 Å². The van der Waals surface area contributed by atoms with Crippen LogP contribution in [0, 0.1) is 0 Å². The summed E-state index contributed by atoms with van der Waals surface area (Å²) in [5.41, 5.74) is 4.18. The first kappa shape index (κ1) is 14.3. The Morgan fingerprint density at radius 1 is 1.14 bits per heavy atom. The summed E-state index contributed by atoms with van der Waals surface area (Å²) < 4.78 is 0. The van der Waals surface area contributed by atoms with Crippen molar-refractivity contribution in [1.82, 2.24) is 4.90 Å². The summed E-state index contributed by atoms with van der Waals surface area (Å²) in [6, 6.07) is 4.20. The number of carbonyl (C=O) groups excluding carboxylic acids is 1. The highest BCUT2D eigenvalue weighted by molar-refractivity contribution is 5.97. The van der Waals surface area contributed by atoms with E-state index in [-0.39, 0.29) is 11.3 Å². The van der Waals surface area contributed by atoms with Gasteiger partial charge in [-0.25, -0.2) is 0 Å². The van der Waals surface area contributed by atoms with Gasteiger partial charge in [-0.3, -0.25) is 9.79 Å². The number of likely N-dealkylation sites (tertiary alicyclic amines) is 1. The van der Waals surface area contributed by atoms with E-state index in [0.717, 1.165) is 49.2 Å².